The Balaban J connectivity index is 1.91. The van der Waals surface area contributed by atoms with Crippen molar-refractivity contribution in [1.82, 2.24) is 9.88 Å². The summed E-state index contributed by atoms with van der Waals surface area (Å²) in [6.45, 7) is 7.82. The third kappa shape index (κ3) is 4.95. The predicted octanol–water partition coefficient (Wildman–Crippen LogP) is 4.23. The van der Waals surface area contributed by atoms with E-state index < -0.39 is 0 Å². The molecule has 0 radical (unpaired) electrons. The second kappa shape index (κ2) is 8.51. The van der Waals surface area contributed by atoms with Crippen molar-refractivity contribution in [2.45, 2.75) is 46.5 Å². The molecule has 23 heavy (non-hydrogen) atoms. The van der Waals surface area contributed by atoms with E-state index in [1.54, 1.807) is 6.20 Å². The molecule has 0 aliphatic heterocycles. The molecular formula is C19H26N2O2. The first-order valence-electron chi connectivity index (χ1n) is 8.43. The van der Waals surface area contributed by atoms with Crippen LogP contribution in [0.1, 0.15) is 44.6 Å². The van der Waals surface area contributed by atoms with Crippen molar-refractivity contribution >= 4 is 5.91 Å². The van der Waals surface area contributed by atoms with Gasteiger partial charge in [0.05, 0.1) is 6.20 Å². The quantitative estimate of drug-likeness (QED) is 0.732. The first-order chi connectivity index (χ1) is 11.1. The van der Waals surface area contributed by atoms with Crippen LogP contribution in [0, 0.1) is 6.92 Å². The van der Waals surface area contributed by atoms with Crippen LogP contribution in [0.5, 0.6) is 0 Å². The highest BCUT2D eigenvalue weighted by Crippen LogP contribution is 2.21. The zero-order valence-electron chi connectivity index (χ0n) is 14.3. The molecule has 0 unspecified atom stereocenters. The molecule has 0 aliphatic carbocycles. The number of aryl methyl sites for hydroxylation is 2. The van der Waals surface area contributed by atoms with Gasteiger partial charge >= 0.3 is 0 Å². The molecule has 0 spiro atoms. The van der Waals surface area contributed by atoms with Crippen LogP contribution in [0.3, 0.4) is 0 Å². The lowest BCUT2D eigenvalue weighted by Gasteiger charge is -2.20. The summed E-state index contributed by atoms with van der Waals surface area (Å²) < 4.78 is 5.77. The fourth-order valence-corrected chi connectivity index (χ4v) is 2.46. The van der Waals surface area contributed by atoms with Crippen LogP contribution in [-0.2, 0) is 11.2 Å². The van der Waals surface area contributed by atoms with Crippen LogP contribution in [0.2, 0.25) is 0 Å². The normalized spacial score (nSPS) is 10.7. The summed E-state index contributed by atoms with van der Waals surface area (Å²) in [5.74, 6) is 1.56. The van der Waals surface area contributed by atoms with Gasteiger partial charge in [-0.2, -0.15) is 0 Å². The fourth-order valence-electron chi connectivity index (χ4n) is 2.46. The minimum Gasteiger partial charge on any atom is -0.441 e. The molecule has 2 aromatic rings. The van der Waals surface area contributed by atoms with Gasteiger partial charge in [-0.25, -0.2) is 4.98 Å². The Morgan fingerprint density at radius 2 is 1.96 bits per heavy atom. The first kappa shape index (κ1) is 17.3. The van der Waals surface area contributed by atoms with Crippen LogP contribution >= 0.6 is 0 Å². The summed E-state index contributed by atoms with van der Waals surface area (Å²) in [5.41, 5.74) is 2.23. The SMILES string of the molecule is CCCCN(CC)C(=O)CCc1ncc(-c2ccc(C)cc2)o1. The molecule has 0 atom stereocenters. The lowest BCUT2D eigenvalue weighted by atomic mass is 10.1. The summed E-state index contributed by atoms with van der Waals surface area (Å²) in [6.07, 6.45) is 4.89. The lowest BCUT2D eigenvalue weighted by molar-refractivity contribution is -0.131. The second-order valence-electron chi connectivity index (χ2n) is 5.81. The second-order valence-corrected chi connectivity index (χ2v) is 5.81. The average Bonchev–Trinajstić information content (AvgIpc) is 3.03. The summed E-state index contributed by atoms with van der Waals surface area (Å²) in [6, 6.07) is 8.14. The summed E-state index contributed by atoms with van der Waals surface area (Å²) in [7, 11) is 0. The van der Waals surface area contributed by atoms with E-state index in [1.165, 1.54) is 5.56 Å². The topological polar surface area (TPSA) is 46.3 Å². The molecule has 0 saturated carbocycles. The number of hydrogen-bond acceptors (Lipinski definition) is 3. The molecule has 1 heterocycles. The van der Waals surface area contributed by atoms with E-state index >= 15 is 0 Å². The third-order valence-corrected chi connectivity index (χ3v) is 3.96. The Labute approximate surface area is 138 Å². The van der Waals surface area contributed by atoms with Crippen LogP contribution in [0.25, 0.3) is 11.3 Å². The number of aromatic nitrogens is 1. The van der Waals surface area contributed by atoms with Gasteiger partial charge in [-0.1, -0.05) is 43.2 Å². The summed E-state index contributed by atoms with van der Waals surface area (Å²) in [4.78, 5) is 18.4. The van der Waals surface area contributed by atoms with Gasteiger partial charge in [0.2, 0.25) is 5.91 Å². The standard InChI is InChI=1S/C19H26N2O2/c1-4-6-13-21(5-2)19(22)12-11-18-20-14-17(23-18)16-9-7-15(3)8-10-16/h7-10,14H,4-6,11-13H2,1-3H3. The van der Waals surface area contributed by atoms with Gasteiger partial charge in [0.25, 0.3) is 0 Å². The van der Waals surface area contributed by atoms with Crippen molar-refractivity contribution in [2.24, 2.45) is 0 Å². The van der Waals surface area contributed by atoms with Crippen LogP contribution < -0.4 is 0 Å². The minimum atomic E-state index is 0.177. The van der Waals surface area contributed by atoms with Crippen LogP contribution in [0.4, 0.5) is 0 Å². The molecule has 4 nitrogen and oxygen atoms in total. The van der Waals surface area contributed by atoms with Gasteiger partial charge in [0.15, 0.2) is 11.7 Å². The predicted molar refractivity (Wildman–Crippen MR) is 92.2 cm³/mol. The number of rotatable bonds is 8. The Hall–Kier alpha value is -2.10. The molecule has 0 fully saturated rings. The maximum Gasteiger partial charge on any atom is 0.223 e. The Morgan fingerprint density at radius 3 is 2.61 bits per heavy atom. The molecule has 0 N–H and O–H groups in total. The fraction of sp³-hybridized carbons (Fsp3) is 0.474. The third-order valence-electron chi connectivity index (χ3n) is 3.96. The maximum absolute atomic E-state index is 12.2. The minimum absolute atomic E-state index is 0.177. The largest absolute Gasteiger partial charge is 0.441 e. The molecule has 1 amide bonds. The number of hydrogen-bond donors (Lipinski definition) is 0. The lowest BCUT2D eigenvalue weighted by Crippen LogP contribution is -2.31. The zero-order valence-corrected chi connectivity index (χ0v) is 14.3. The number of carbonyl (C=O) groups is 1. The Kier molecular flexibility index (Phi) is 6.39. The molecule has 4 heteroatoms. The van der Waals surface area contributed by atoms with Crippen LogP contribution in [0.15, 0.2) is 34.9 Å². The van der Waals surface area contributed by atoms with Crippen molar-refractivity contribution in [3.63, 3.8) is 0 Å². The molecule has 2 rings (SSSR count). The van der Waals surface area contributed by atoms with Crippen molar-refractivity contribution < 1.29 is 9.21 Å². The Morgan fingerprint density at radius 1 is 1.22 bits per heavy atom. The van der Waals surface area contributed by atoms with Crippen molar-refractivity contribution in [1.29, 1.82) is 0 Å². The van der Waals surface area contributed by atoms with Crippen molar-refractivity contribution in [3.05, 3.63) is 41.9 Å². The molecule has 0 aliphatic rings. The highest BCUT2D eigenvalue weighted by molar-refractivity contribution is 5.76. The van der Waals surface area contributed by atoms with Crippen molar-refractivity contribution in [3.8, 4) is 11.3 Å². The maximum atomic E-state index is 12.2. The highest BCUT2D eigenvalue weighted by atomic mass is 16.4. The Bertz CT molecular complexity index is 617. The van der Waals surface area contributed by atoms with Gasteiger partial charge < -0.3 is 9.32 Å². The van der Waals surface area contributed by atoms with Gasteiger partial charge in [0, 0.05) is 31.5 Å². The van der Waals surface area contributed by atoms with E-state index in [2.05, 4.69) is 18.8 Å². The number of oxazole rings is 1. The van der Waals surface area contributed by atoms with E-state index in [0.29, 0.717) is 18.7 Å². The summed E-state index contributed by atoms with van der Waals surface area (Å²) >= 11 is 0. The smallest absolute Gasteiger partial charge is 0.223 e. The van der Waals surface area contributed by atoms with E-state index in [1.807, 2.05) is 36.1 Å². The molecule has 124 valence electrons. The van der Waals surface area contributed by atoms with Crippen LogP contribution in [-0.4, -0.2) is 28.9 Å². The summed E-state index contributed by atoms with van der Waals surface area (Å²) in [5, 5.41) is 0. The van der Waals surface area contributed by atoms with E-state index in [4.69, 9.17) is 4.42 Å². The number of carbonyl (C=O) groups excluding carboxylic acids is 1. The number of unbranched alkanes of at least 4 members (excludes halogenated alkanes) is 1. The van der Waals surface area contributed by atoms with Gasteiger partial charge in [-0.05, 0) is 20.3 Å². The molecule has 1 aromatic heterocycles. The van der Waals surface area contributed by atoms with Gasteiger partial charge in [0.1, 0.15) is 0 Å². The number of benzene rings is 1. The van der Waals surface area contributed by atoms with Gasteiger partial charge in [-0.3, -0.25) is 4.79 Å². The van der Waals surface area contributed by atoms with E-state index in [0.717, 1.165) is 37.3 Å². The highest BCUT2D eigenvalue weighted by Gasteiger charge is 2.13. The van der Waals surface area contributed by atoms with E-state index in [-0.39, 0.29) is 5.91 Å². The number of amides is 1. The van der Waals surface area contributed by atoms with E-state index in [9.17, 15) is 4.79 Å². The molecule has 0 bridgehead atoms. The molecule has 1 aromatic carbocycles. The number of nitrogens with zero attached hydrogens (tertiary/aromatic N) is 2. The monoisotopic (exact) mass is 314 g/mol. The molecular weight excluding hydrogens is 288 g/mol. The zero-order chi connectivity index (χ0) is 16.7. The van der Waals surface area contributed by atoms with Crippen molar-refractivity contribution in [2.75, 3.05) is 13.1 Å². The van der Waals surface area contributed by atoms with Gasteiger partial charge in [-0.15, -0.1) is 0 Å². The average molecular weight is 314 g/mol. The molecule has 0 saturated heterocycles. The first-order valence-corrected chi connectivity index (χ1v) is 8.43.